The molecule has 1 fully saturated rings. The van der Waals surface area contributed by atoms with Gasteiger partial charge in [-0.25, -0.2) is 8.78 Å². The fourth-order valence-electron chi connectivity index (χ4n) is 2.24. The van der Waals surface area contributed by atoms with Gasteiger partial charge in [-0.05, 0) is 30.5 Å². The van der Waals surface area contributed by atoms with Crippen molar-refractivity contribution < 1.29 is 8.78 Å². The lowest BCUT2D eigenvalue weighted by Crippen LogP contribution is -2.07. The largest absolute Gasteiger partial charge is 0.328 e. The van der Waals surface area contributed by atoms with Crippen LogP contribution in [-0.2, 0) is 0 Å². The number of imidazole rings is 1. The minimum Gasteiger partial charge on any atom is -0.328 e. The topological polar surface area (TPSA) is 20.7 Å². The van der Waals surface area contributed by atoms with Crippen LogP contribution < -0.4 is 0 Å². The van der Waals surface area contributed by atoms with E-state index in [1.54, 1.807) is 0 Å². The molecule has 1 saturated heterocycles. The van der Waals surface area contributed by atoms with Crippen LogP contribution in [0.5, 0.6) is 0 Å². The molecule has 1 unspecified atom stereocenters. The number of hydrogen-bond acceptors (Lipinski definition) is 2. The van der Waals surface area contributed by atoms with Gasteiger partial charge in [-0.2, -0.15) is 11.8 Å². The predicted octanol–water partition coefficient (Wildman–Crippen LogP) is 3.66. The third-order valence-corrected chi connectivity index (χ3v) is 4.46. The van der Waals surface area contributed by atoms with Crippen molar-refractivity contribution in [1.29, 1.82) is 0 Å². The lowest BCUT2D eigenvalue weighted by atomic mass is 10.2. The molecule has 1 N–H and O–H groups in total. The van der Waals surface area contributed by atoms with Crippen molar-refractivity contribution in [3.63, 3.8) is 0 Å². The second-order valence-electron chi connectivity index (χ2n) is 4.10. The maximum absolute atomic E-state index is 13.6. The molecule has 2 aromatic rings. The van der Waals surface area contributed by atoms with E-state index < -0.39 is 11.6 Å². The van der Waals surface area contributed by atoms with Gasteiger partial charge in [0.1, 0.15) is 11.3 Å². The highest BCUT2D eigenvalue weighted by Gasteiger charge is 2.21. The Bertz CT molecular complexity index is 626. The van der Waals surface area contributed by atoms with Crippen LogP contribution in [0.2, 0.25) is 0 Å². The van der Waals surface area contributed by atoms with Crippen LogP contribution in [0, 0.1) is 16.4 Å². The van der Waals surface area contributed by atoms with Gasteiger partial charge in [0.2, 0.25) is 0 Å². The van der Waals surface area contributed by atoms with Crippen molar-refractivity contribution >= 4 is 35.0 Å². The Kier molecular flexibility index (Phi) is 2.71. The zero-order valence-corrected chi connectivity index (χ0v) is 10.5. The summed E-state index contributed by atoms with van der Waals surface area (Å²) in [6.07, 6.45) is 0.990. The number of nitrogens with zero attached hydrogens (tertiary/aromatic N) is 1. The normalized spacial score (nSPS) is 20.2. The van der Waals surface area contributed by atoms with Gasteiger partial charge in [0.15, 0.2) is 10.6 Å². The smallest absolute Gasteiger partial charge is 0.178 e. The molecule has 1 aromatic carbocycles. The molecule has 1 aliphatic heterocycles. The van der Waals surface area contributed by atoms with Gasteiger partial charge in [-0.1, -0.05) is 0 Å². The molecule has 1 aliphatic rings. The van der Waals surface area contributed by atoms with Gasteiger partial charge in [-0.15, -0.1) is 0 Å². The predicted molar refractivity (Wildman–Crippen MR) is 68.0 cm³/mol. The molecule has 0 aliphatic carbocycles. The van der Waals surface area contributed by atoms with Crippen molar-refractivity contribution in [2.75, 3.05) is 11.5 Å². The zero-order valence-electron chi connectivity index (χ0n) is 8.87. The maximum Gasteiger partial charge on any atom is 0.178 e. The van der Waals surface area contributed by atoms with E-state index in [4.69, 9.17) is 12.2 Å². The highest BCUT2D eigenvalue weighted by Crippen LogP contribution is 2.32. The lowest BCUT2D eigenvalue weighted by Gasteiger charge is -2.11. The highest BCUT2D eigenvalue weighted by molar-refractivity contribution is 7.99. The molecule has 0 spiro atoms. The number of thioether (sulfide) groups is 1. The van der Waals surface area contributed by atoms with E-state index in [-0.39, 0.29) is 6.04 Å². The standard InChI is InChI=1S/C11H10F2N2S2/c12-6-3-8(13)10-9(4-6)15(11(16)14-10)7-1-2-17-5-7/h3-4,7H,1-2,5H2,(H,14,16). The monoisotopic (exact) mass is 272 g/mol. The van der Waals surface area contributed by atoms with Crippen LogP contribution in [-0.4, -0.2) is 21.1 Å². The minimum absolute atomic E-state index is 0.238. The number of halogens is 2. The molecular formula is C11H10F2N2S2. The van der Waals surface area contributed by atoms with E-state index in [2.05, 4.69) is 4.98 Å². The minimum atomic E-state index is -0.588. The Morgan fingerprint density at radius 3 is 2.94 bits per heavy atom. The third kappa shape index (κ3) is 1.79. The molecule has 0 saturated carbocycles. The zero-order chi connectivity index (χ0) is 12.0. The third-order valence-electron chi connectivity index (χ3n) is 3.02. The van der Waals surface area contributed by atoms with E-state index in [0.29, 0.717) is 15.8 Å². The first-order chi connectivity index (χ1) is 8.16. The summed E-state index contributed by atoms with van der Waals surface area (Å²) in [5, 5.41) is 0. The average Bonchev–Trinajstić information content (AvgIpc) is 2.84. The molecule has 3 rings (SSSR count). The Labute approximate surface area is 106 Å². The molecule has 6 heteroatoms. The number of aromatic nitrogens is 2. The number of H-pyrrole nitrogens is 1. The van der Waals surface area contributed by atoms with E-state index in [1.807, 2.05) is 16.3 Å². The summed E-state index contributed by atoms with van der Waals surface area (Å²) in [5.41, 5.74) is 0.827. The van der Waals surface area contributed by atoms with E-state index in [9.17, 15) is 8.78 Å². The van der Waals surface area contributed by atoms with Crippen LogP contribution >= 0.6 is 24.0 Å². The first-order valence-electron chi connectivity index (χ1n) is 5.34. The summed E-state index contributed by atoms with van der Waals surface area (Å²) in [6, 6.07) is 2.46. The molecule has 90 valence electrons. The average molecular weight is 272 g/mol. The van der Waals surface area contributed by atoms with E-state index >= 15 is 0 Å². The van der Waals surface area contributed by atoms with Crippen LogP contribution in [0.3, 0.4) is 0 Å². The van der Waals surface area contributed by atoms with Crippen LogP contribution in [0.1, 0.15) is 12.5 Å². The van der Waals surface area contributed by atoms with Crippen molar-refractivity contribution in [2.45, 2.75) is 12.5 Å². The summed E-state index contributed by atoms with van der Waals surface area (Å²) in [7, 11) is 0. The SMILES string of the molecule is Fc1cc(F)c2[nH]c(=S)n(C3CCSC3)c2c1. The number of nitrogens with one attached hydrogen (secondary N) is 1. The fraction of sp³-hybridized carbons (Fsp3) is 0.364. The number of benzene rings is 1. The Balaban J connectivity index is 2.29. The summed E-state index contributed by atoms with van der Waals surface area (Å²) in [4.78, 5) is 2.83. The first-order valence-corrected chi connectivity index (χ1v) is 6.90. The Hall–Kier alpha value is -0.880. The second-order valence-corrected chi connectivity index (χ2v) is 5.64. The lowest BCUT2D eigenvalue weighted by molar-refractivity contribution is 0.564. The van der Waals surface area contributed by atoms with Crippen molar-refractivity contribution in [2.24, 2.45) is 0 Å². The Morgan fingerprint density at radius 1 is 1.41 bits per heavy atom. The first kappa shape index (κ1) is 11.2. The van der Waals surface area contributed by atoms with Crippen molar-refractivity contribution in [3.8, 4) is 0 Å². The van der Waals surface area contributed by atoms with Gasteiger partial charge < -0.3 is 9.55 Å². The molecule has 2 heterocycles. The summed E-state index contributed by atoms with van der Waals surface area (Å²) in [6.45, 7) is 0. The fourth-order valence-corrected chi connectivity index (χ4v) is 3.78. The van der Waals surface area contributed by atoms with Crippen molar-refractivity contribution in [3.05, 3.63) is 28.5 Å². The van der Waals surface area contributed by atoms with Gasteiger partial charge in [0.25, 0.3) is 0 Å². The maximum atomic E-state index is 13.6. The quantitative estimate of drug-likeness (QED) is 0.800. The van der Waals surface area contributed by atoms with Crippen molar-refractivity contribution in [1.82, 2.24) is 9.55 Å². The van der Waals surface area contributed by atoms with Gasteiger partial charge in [0, 0.05) is 17.9 Å². The number of hydrogen-bond donors (Lipinski definition) is 1. The molecule has 2 nitrogen and oxygen atoms in total. The van der Waals surface area contributed by atoms with Crippen LogP contribution in [0.15, 0.2) is 12.1 Å². The Morgan fingerprint density at radius 2 is 2.24 bits per heavy atom. The van der Waals surface area contributed by atoms with E-state index in [1.165, 1.54) is 6.07 Å². The van der Waals surface area contributed by atoms with Gasteiger partial charge in [0.05, 0.1) is 5.52 Å². The van der Waals surface area contributed by atoms with Crippen LogP contribution in [0.4, 0.5) is 8.78 Å². The summed E-state index contributed by atoms with van der Waals surface area (Å²) in [5.74, 6) is 0.856. The summed E-state index contributed by atoms with van der Waals surface area (Å²) < 4.78 is 29.2. The van der Waals surface area contributed by atoms with Gasteiger partial charge in [-0.3, -0.25) is 0 Å². The molecule has 0 amide bonds. The second kappa shape index (κ2) is 4.10. The van der Waals surface area contributed by atoms with Gasteiger partial charge >= 0.3 is 0 Å². The molecule has 0 bridgehead atoms. The number of rotatable bonds is 1. The van der Waals surface area contributed by atoms with Crippen LogP contribution in [0.25, 0.3) is 11.0 Å². The highest BCUT2D eigenvalue weighted by atomic mass is 32.2. The molecule has 0 radical (unpaired) electrons. The molecule has 1 aromatic heterocycles. The summed E-state index contributed by atoms with van der Waals surface area (Å²) >= 11 is 7.04. The van der Waals surface area contributed by atoms with E-state index in [0.717, 1.165) is 24.0 Å². The molecule has 1 atom stereocenters. The molecular weight excluding hydrogens is 262 g/mol. The number of fused-ring (bicyclic) bond motifs is 1. The molecule has 17 heavy (non-hydrogen) atoms. The number of aromatic amines is 1.